The van der Waals surface area contributed by atoms with Gasteiger partial charge >= 0.3 is 0 Å². The maximum Gasteiger partial charge on any atom is 0.189 e. The van der Waals surface area contributed by atoms with Crippen molar-refractivity contribution >= 4 is 5.78 Å². The molecule has 9 atom stereocenters. The molecule has 0 spiro atoms. The number of rotatable bonds is 5. The summed E-state index contributed by atoms with van der Waals surface area (Å²) < 4.78 is 0. The predicted octanol–water partition coefficient (Wildman–Crippen LogP) is 2.06. The van der Waals surface area contributed by atoms with E-state index in [1.807, 2.05) is 13.8 Å². The molecule has 7 nitrogen and oxygen atoms in total. The fourth-order valence-electron chi connectivity index (χ4n) is 8.35. The topological polar surface area (TPSA) is 138 Å². The smallest absolute Gasteiger partial charge is 0.189 e. The van der Waals surface area contributed by atoms with Crippen molar-refractivity contribution in [1.29, 1.82) is 0 Å². The number of ketones is 1. The van der Waals surface area contributed by atoms with E-state index in [0.717, 1.165) is 6.42 Å². The molecule has 7 heteroatoms. The minimum absolute atomic E-state index is 0.00532. The van der Waals surface area contributed by atoms with E-state index in [2.05, 4.69) is 6.92 Å². The molecule has 4 rings (SSSR count). The summed E-state index contributed by atoms with van der Waals surface area (Å²) in [5, 5.41) is 64.4. The summed E-state index contributed by atoms with van der Waals surface area (Å²) in [4.78, 5) is 13.3. The number of hydrogen-bond acceptors (Lipinski definition) is 7. The van der Waals surface area contributed by atoms with Gasteiger partial charge in [0.15, 0.2) is 11.6 Å². The average molecular weight is 481 g/mol. The van der Waals surface area contributed by atoms with Crippen molar-refractivity contribution in [2.75, 3.05) is 0 Å². The van der Waals surface area contributed by atoms with E-state index in [-0.39, 0.29) is 36.4 Å². The number of hydrogen-bond donors (Lipinski definition) is 6. The van der Waals surface area contributed by atoms with Gasteiger partial charge in [0, 0.05) is 17.8 Å². The maximum atomic E-state index is 13.3. The zero-order valence-electron chi connectivity index (χ0n) is 21.3. The Hall–Kier alpha value is -0.830. The van der Waals surface area contributed by atoms with Gasteiger partial charge in [0.1, 0.15) is 6.10 Å². The first-order valence-corrected chi connectivity index (χ1v) is 13.0. The molecule has 3 saturated carbocycles. The molecule has 0 aromatic heterocycles. The molecule has 194 valence electrons. The summed E-state index contributed by atoms with van der Waals surface area (Å²) in [7, 11) is 0. The Balaban J connectivity index is 1.64. The van der Waals surface area contributed by atoms with Crippen molar-refractivity contribution in [3.8, 4) is 0 Å². The van der Waals surface area contributed by atoms with Gasteiger partial charge in [0.05, 0.1) is 17.3 Å². The van der Waals surface area contributed by atoms with Crippen molar-refractivity contribution in [2.24, 2.45) is 34.5 Å². The van der Waals surface area contributed by atoms with Crippen LogP contribution in [0.3, 0.4) is 0 Å². The van der Waals surface area contributed by atoms with Crippen LogP contribution in [0.1, 0.15) is 86.0 Å². The highest BCUT2D eigenvalue weighted by Crippen LogP contribution is 2.68. The summed E-state index contributed by atoms with van der Waals surface area (Å²) in [6.07, 6.45) is 3.15. The second-order valence-electron chi connectivity index (χ2n) is 13.2. The lowest BCUT2D eigenvalue weighted by atomic mass is 9.45. The summed E-state index contributed by atoms with van der Waals surface area (Å²) in [5.41, 5.74) is -2.61. The normalized spacial score (nSPS) is 45.6. The van der Waals surface area contributed by atoms with Crippen molar-refractivity contribution in [3.05, 3.63) is 11.6 Å². The second kappa shape index (κ2) is 8.09. The van der Waals surface area contributed by atoms with Crippen LogP contribution in [-0.4, -0.2) is 65.6 Å². The van der Waals surface area contributed by atoms with Crippen molar-refractivity contribution < 1.29 is 35.4 Å². The summed E-state index contributed by atoms with van der Waals surface area (Å²) in [6.45, 7) is 9.47. The molecule has 4 aliphatic rings. The third kappa shape index (κ3) is 3.82. The lowest BCUT2D eigenvalue weighted by molar-refractivity contribution is -0.276. The molecular weight excluding hydrogens is 436 g/mol. The van der Waals surface area contributed by atoms with Crippen LogP contribution in [0, 0.1) is 34.5 Å². The van der Waals surface area contributed by atoms with Gasteiger partial charge in [0.2, 0.25) is 0 Å². The largest absolute Gasteiger partial charge is 0.393 e. The van der Waals surface area contributed by atoms with E-state index < -0.39 is 45.9 Å². The van der Waals surface area contributed by atoms with Crippen LogP contribution in [0.25, 0.3) is 0 Å². The SMILES string of the molecule is CC([C@H](O)CCC(C)(C)O)[C@H]1CC[C@@]2(O)C3=CC(=O)[C@@H]4C[C@@H](O)C(O)(O)C[C@]4(C)C3CC[C@]12C. The summed E-state index contributed by atoms with van der Waals surface area (Å²) >= 11 is 0. The molecule has 0 aromatic carbocycles. The van der Waals surface area contributed by atoms with Gasteiger partial charge in [-0.05, 0) is 93.6 Å². The van der Waals surface area contributed by atoms with Crippen LogP contribution < -0.4 is 0 Å². The number of carbonyl (C=O) groups excluding carboxylic acids is 1. The Morgan fingerprint density at radius 2 is 1.76 bits per heavy atom. The van der Waals surface area contributed by atoms with Gasteiger partial charge < -0.3 is 30.6 Å². The van der Waals surface area contributed by atoms with Gasteiger partial charge in [-0.15, -0.1) is 0 Å². The molecule has 0 saturated heterocycles. The highest BCUT2D eigenvalue weighted by Gasteiger charge is 2.68. The molecule has 0 amide bonds. The first-order valence-electron chi connectivity index (χ1n) is 13.0. The van der Waals surface area contributed by atoms with Crippen molar-refractivity contribution in [2.45, 2.75) is 115 Å². The Morgan fingerprint density at radius 3 is 2.38 bits per heavy atom. The van der Waals surface area contributed by atoms with Crippen LogP contribution in [-0.2, 0) is 4.79 Å². The molecule has 34 heavy (non-hydrogen) atoms. The monoisotopic (exact) mass is 480 g/mol. The van der Waals surface area contributed by atoms with E-state index in [4.69, 9.17) is 0 Å². The lowest BCUT2D eigenvalue weighted by Gasteiger charge is -2.61. The van der Waals surface area contributed by atoms with Crippen LogP contribution in [0.2, 0.25) is 0 Å². The number of allylic oxidation sites excluding steroid dienone is 1. The molecule has 0 heterocycles. The fraction of sp³-hybridized carbons (Fsp3) is 0.889. The van der Waals surface area contributed by atoms with Crippen LogP contribution in [0.4, 0.5) is 0 Å². The molecule has 0 aromatic rings. The highest BCUT2D eigenvalue weighted by atomic mass is 16.5. The maximum absolute atomic E-state index is 13.3. The van der Waals surface area contributed by atoms with Gasteiger partial charge in [-0.1, -0.05) is 20.8 Å². The standard InChI is InChI=1S/C27H44O7/c1-15(20(28)8-9-23(2,3)31)16-7-11-26(32)18-12-21(29)19-13-22(30)27(33,34)14-24(19,4)17(18)6-10-25(16,26)5/h12,15-17,19-20,22,28,30-34H,6-11,13-14H2,1-5H3/t15?,16-,17?,19+,20-,22-,24-,25-,26-/m1/s1. The highest BCUT2D eigenvalue weighted by molar-refractivity contribution is 5.95. The Bertz CT molecular complexity index is 860. The number of aliphatic hydroxyl groups is 6. The van der Waals surface area contributed by atoms with E-state index in [1.54, 1.807) is 19.9 Å². The third-order valence-corrected chi connectivity index (χ3v) is 10.5. The molecule has 2 unspecified atom stereocenters. The van der Waals surface area contributed by atoms with Gasteiger partial charge in [-0.25, -0.2) is 0 Å². The van der Waals surface area contributed by atoms with Gasteiger partial charge in [0.25, 0.3) is 0 Å². The zero-order valence-corrected chi connectivity index (χ0v) is 21.3. The number of aliphatic hydroxyl groups excluding tert-OH is 2. The zero-order chi connectivity index (χ0) is 25.5. The Morgan fingerprint density at radius 1 is 1.12 bits per heavy atom. The van der Waals surface area contributed by atoms with Crippen molar-refractivity contribution in [1.82, 2.24) is 0 Å². The van der Waals surface area contributed by atoms with Crippen molar-refractivity contribution in [3.63, 3.8) is 0 Å². The molecule has 0 bridgehead atoms. The predicted molar refractivity (Wildman–Crippen MR) is 126 cm³/mol. The number of carbonyl (C=O) groups is 1. The molecule has 6 N–H and O–H groups in total. The summed E-state index contributed by atoms with van der Waals surface area (Å²) in [6, 6.07) is 0. The Kier molecular flexibility index (Phi) is 6.24. The average Bonchev–Trinajstić information content (AvgIpc) is 2.98. The Labute approximate surface area is 202 Å². The molecule has 0 aliphatic heterocycles. The third-order valence-electron chi connectivity index (χ3n) is 10.5. The van der Waals surface area contributed by atoms with Crippen LogP contribution in [0.5, 0.6) is 0 Å². The van der Waals surface area contributed by atoms with E-state index in [1.165, 1.54) is 0 Å². The molecule has 3 fully saturated rings. The first kappa shape index (κ1) is 26.2. The fourth-order valence-corrected chi connectivity index (χ4v) is 8.35. The lowest BCUT2D eigenvalue weighted by Crippen LogP contribution is -2.63. The summed E-state index contributed by atoms with van der Waals surface area (Å²) in [5.74, 6) is -3.10. The molecule has 4 aliphatic carbocycles. The number of fused-ring (bicyclic) bond motifs is 5. The first-order chi connectivity index (χ1) is 15.5. The van der Waals surface area contributed by atoms with Gasteiger partial charge in [-0.2, -0.15) is 0 Å². The van der Waals surface area contributed by atoms with Crippen LogP contribution >= 0.6 is 0 Å². The van der Waals surface area contributed by atoms with Crippen LogP contribution in [0.15, 0.2) is 11.6 Å². The second-order valence-corrected chi connectivity index (χ2v) is 13.2. The minimum atomic E-state index is -2.26. The minimum Gasteiger partial charge on any atom is -0.393 e. The molecule has 0 radical (unpaired) electrons. The van der Waals surface area contributed by atoms with Gasteiger partial charge in [-0.3, -0.25) is 4.79 Å². The quantitative estimate of drug-likeness (QED) is 0.331. The van der Waals surface area contributed by atoms with E-state index in [9.17, 15) is 35.4 Å². The molecular formula is C27H44O7. The van der Waals surface area contributed by atoms with E-state index in [0.29, 0.717) is 37.7 Å². The van der Waals surface area contributed by atoms with E-state index >= 15 is 0 Å².